The number of hydrogen-bond donors (Lipinski definition) is 1. The minimum absolute atomic E-state index is 0.0321. The van der Waals surface area contributed by atoms with Crippen LogP contribution in [0.4, 0.5) is 5.95 Å². The first kappa shape index (κ1) is 27.0. The number of aryl methyl sites for hydroxylation is 2. The lowest BCUT2D eigenvalue weighted by molar-refractivity contribution is 0.391. The van der Waals surface area contributed by atoms with Gasteiger partial charge in [0, 0.05) is 24.0 Å². The van der Waals surface area contributed by atoms with Gasteiger partial charge < -0.3 is 9.47 Å². The number of benzene rings is 1. The lowest BCUT2D eigenvalue weighted by Gasteiger charge is -2.21. The number of hydrogen-bond acceptors (Lipinski definition) is 9. The van der Waals surface area contributed by atoms with Gasteiger partial charge in [-0.15, -0.1) is 10.2 Å². The second kappa shape index (κ2) is 11.1. The topological polar surface area (TPSA) is 134 Å². The lowest BCUT2D eigenvalue weighted by Crippen LogP contribution is -2.31. The largest absolute Gasteiger partial charge is 0.494 e. The SMILES string of the molecule is CCc1cccc(-c2nnc(NS(=O)(=O)[C@@H](C)C(C)c3ncc(C)cn3)n2-c2c(OC)cccc2OC)n1. The van der Waals surface area contributed by atoms with Gasteiger partial charge in [-0.25, -0.2) is 23.4 Å². The second-order valence-electron chi connectivity index (χ2n) is 8.82. The van der Waals surface area contributed by atoms with Crippen LogP contribution in [-0.4, -0.2) is 57.6 Å². The normalized spacial score (nSPS) is 13.1. The van der Waals surface area contributed by atoms with E-state index in [1.54, 1.807) is 55.1 Å². The number of methoxy groups -OCH3 is 2. The van der Waals surface area contributed by atoms with E-state index in [1.807, 2.05) is 26.0 Å². The molecule has 0 aliphatic carbocycles. The summed E-state index contributed by atoms with van der Waals surface area (Å²) >= 11 is 0. The number of sulfonamides is 1. The van der Waals surface area contributed by atoms with Crippen LogP contribution in [0.15, 0.2) is 48.8 Å². The van der Waals surface area contributed by atoms with E-state index in [-0.39, 0.29) is 5.95 Å². The summed E-state index contributed by atoms with van der Waals surface area (Å²) in [6.07, 6.45) is 4.05. The highest BCUT2D eigenvalue weighted by Crippen LogP contribution is 2.37. The van der Waals surface area contributed by atoms with Gasteiger partial charge in [0.15, 0.2) is 5.82 Å². The molecule has 1 N–H and O–H groups in total. The van der Waals surface area contributed by atoms with E-state index in [1.165, 1.54) is 14.2 Å². The van der Waals surface area contributed by atoms with Gasteiger partial charge in [-0.2, -0.15) is 0 Å². The van der Waals surface area contributed by atoms with Crippen LogP contribution in [-0.2, 0) is 16.4 Å². The molecule has 38 heavy (non-hydrogen) atoms. The maximum Gasteiger partial charge on any atom is 0.243 e. The van der Waals surface area contributed by atoms with Crippen molar-refractivity contribution in [2.75, 3.05) is 18.9 Å². The fraction of sp³-hybridized carbons (Fsp3) is 0.346. The van der Waals surface area contributed by atoms with Crippen molar-refractivity contribution < 1.29 is 17.9 Å². The Morgan fingerprint density at radius 2 is 1.61 bits per heavy atom. The summed E-state index contributed by atoms with van der Waals surface area (Å²) in [5, 5.41) is 7.67. The fourth-order valence-corrected chi connectivity index (χ4v) is 5.15. The number of anilines is 1. The molecule has 12 heteroatoms. The van der Waals surface area contributed by atoms with Crippen molar-refractivity contribution in [3.8, 4) is 28.7 Å². The van der Waals surface area contributed by atoms with E-state index in [2.05, 4.69) is 29.9 Å². The molecule has 0 bridgehead atoms. The van der Waals surface area contributed by atoms with Gasteiger partial charge in [0.2, 0.25) is 16.0 Å². The van der Waals surface area contributed by atoms with Gasteiger partial charge in [0.05, 0.1) is 19.5 Å². The summed E-state index contributed by atoms with van der Waals surface area (Å²) in [5.41, 5.74) is 2.69. The predicted octanol–water partition coefficient (Wildman–Crippen LogP) is 3.94. The minimum atomic E-state index is -3.98. The van der Waals surface area contributed by atoms with Gasteiger partial charge in [-0.05, 0) is 50.1 Å². The molecule has 0 aliphatic rings. The van der Waals surface area contributed by atoms with Gasteiger partial charge in [-0.1, -0.05) is 26.0 Å². The first-order valence-electron chi connectivity index (χ1n) is 12.1. The summed E-state index contributed by atoms with van der Waals surface area (Å²) < 4.78 is 42.6. The Balaban J connectivity index is 1.84. The molecule has 200 valence electrons. The Morgan fingerprint density at radius 3 is 2.21 bits per heavy atom. The van der Waals surface area contributed by atoms with Crippen LogP contribution < -0.4 is 14.2 Å². The molecule has 4 rings (SSSR count). The van der Waals surface area contributed by atoms with E-state index in [4.69, 9.17) is 9.47 Å². The van der Waals surface area contributed by atoms with Crippen LogP contribution in [0.5, 0.6) is 11.5 Å². The maximum absolute atomic E-state index is 13.6. The highest BCUT2D eigenvalue weighted by Gasteiger charge is 2.32. The maximum atomic E-state index is 13.6. The van der Waals surface area contributed by atoms with Gasteiger partial charge in [0.1, 0.15) is 28.7 Å². The molecule has 0 fully saturated rings. The zero-order chi connectivity index (χ0) is 27.4. The first-order chi connectivity index (χ1) is 18.2. The predicted molar refractivity (Wildman–Crippen MR) is 144 cm³/mol. The second-order valence-corrected chi connectivity index (χ2v) is 10.9. The number of nitrogens with zero attached hydrogens (tertiary/aromatic N) is 6. The molecule has 0 aliphatic heterocycles. The van der Waals surface area contributed by atoms with Gasteiger partial charge in [-0.3, -0.25) is 9.29 Å². The molecule has 0 saturated carbocycles. The number of nitrogens with one attached hydrogen (secondary N) is 1. The fourth-order valence-electron chi connectivity index (χ4n) is 3.92. The zero-order valence-electron chi connectivity index (χ0n) is 22.2. The summed E-state index contributed by atoms with van der Waals surface area (Å²) in [5.74, 6) is 1.10. The average Bonchev–Trinajstić information content (AvgIpc) is 3.34. The minimum Gasteiger partial charge on any atom is -0.494 e. The van der Waals surface area contributed by atoms with Crippen molar-refractivity contribution >= 4 is 16.0 Å². The van der Waals surface area contributed by atoms with Crippen molar-refractivity contribution in [2.24, 2.45) is 0 Å². The Kier molecular flexibility index (Phi) is 7.91. The molecule has 0 saturated heterocycles. The van der Waals surface area contributed by atoms with Crippen molar-refractivity contribution in [3.63, 3.8) is 0 Å². The average molecular weight is 538 g/mol. The zero-order valence-corrected chi connectivity index (χ0v) is 23.0. The molecule has 0 spiro atoms. The molecule has 4 aromatic rings. The molecule has 0 amide bonds. The van der Waals surface area contributed by atoms with Crippen LogP contribution >= 0.6 is 0 Å². The van der Waals surface area contributed by atoms with Gasteiger partial charge >= 0.3 is 0 Å². The molecule has 2 atom stereocenters. The third kappa shape index (κ3) is 5.30. The molecular formula is C26H31N7O4S. The van der Waals surface area contributed by atoms with E-state index < -0.39 is 21.2 Å². The summed E-state index contributed by atoms with van der Waals surface area (Å²) in [7, 11) is -0.935. The number of pyridine rings is 1. The van der Waals surface area contributed by atoms with Gasteiger partial charge in [0.25, 0.3) is 0 Å². The Bertz CT molecular complexity index is 1500. The van der Waals surface area contributed by atoms with Crippen molar-refractivity contribution in [3.05, 3.63) is 65.9 Å². The standard InChI is InChI=1S/C26H31N7O4S/c1-7-19-10-8-11-20(29-19)25-30-31-26(33(25)23-21(36-5)12-9-13-22(23)37-6)32-38(34,35)18(4)17(3)24-27-14-16(2)15-28-24/h8-15,17-18H,7H2,1-6H3,(H,31,32)/t17?,18-/m0/s1. The molecule has 3 aromatic heterocycles. The molecule has 1 unspecified atom stereocenters. The molecule has 11 nitrogen and oxygen atoms in total. The number of rotatable bonds is 10. The van der Waals surface area contributed by atoms with Crippen molar-refractivity contribution in [1.29, 1.82) is 0 Å². The van der Waals surface area contributed by atoms with E-state index in [0.29, 0.717) is 34.5 Å². The molecule has 0 radical (unpaired) electrons. The molecular weight excluding hydrogens is 506 g/mol. The Labute approximate surface area is 222 Å². The van der Waals surface area contributed by atoms with Crippen LogP contribution in [0.1, 0.15) is 43.8 Å². The monoisotopic (exact) mass is 537 g/mol. The van der Waals surface area contributed by atoms with E-state index >= 15 is 0 Å². The van der Waals surface area contributed by atoms with Crippen LogP contribution in [0, 0.1) is 6.92 Å². The third-order valence-electron chi connectivity index (χ3n) is 6.32. The quantitative estimate of drug-likeness (QED) is 0.319. The third-order valence-corrected chi connectivity index (χ3v) is 8.18. The summed E-state index contributed by atoms with van der Waals surface area (Å²) in [6, 6.07) is 10.8. The molecule has 3 heterocycles. The number of aromatic nitrogens is 6. The van der Waals surface area contributed by atoms with Crippen LogP contribution in [0.2, 0.25) is 0 Å². The van der Waals surface area contributed by atoms with Crippen molar-refractivity contribution in [2.45, 2.75) is 45.3 Å². The van der Waals surface area contributed by atoms with E-state index in [0.717, 1.165) is 17.7 Å². The summed E-state index contributed by atoms with van der Waals surface area (Å²) in [6.45, 7) is 7.25. The van der Waals surface area contributed by atoms with E-state index in [9.17, 15) is 8.42 Å². The Hall–Kier alpha value is -4.06. The molecule has 1 aromatic carbocycles. The summed E-state index contributed by atoms with van der Waals surface area (Å²) in [4.78, 5) is 13.3. The van der Waals surface area contributed by atoms with Crippen molar-refractivity contribution in [1.82, 2.24) is 29.7 Å². The van der Waals surface area contributed by atoms with Crippen LogP contribution in [0.3, 0.4) is 0 Å². The number of para-hydroxylation sites is 1. The highest BCUT2D eigenvalue weighted by atomic mass is 32.2. The lowest BCUT2D eigenvalue weighted by atomic mass is 10.1. The first-order valence-corrected chi connectivity index (χ1v) is 13.7. The smallest absolute Gasteiger partial charge is 0.243 e. The number of ether oxygens (including phenoxy) is 2. The Morgan fingerprint density at radius 1 is 0.974 bits per heavy atom. The highest BCUT2D eigenvalue weighted by molar-refractivity contribution is 7.93. The van der Waals surface area contributed by atoms with Crippen LogP contribution in [0.25, 0.3) is 17.2 Å².